The summed E-state index contributed by atoms with van der Waals surface area (Å²) in [5, 5.41) is 2.16. The summed E-state index contributed by atoms with van der Waals surface area (Å²) in [5.41, 5.74) is 4.20. The molecule has 24 heavy (non-hydrogen) atoms. The van der Waals surface area contributed by atoms with E-state index >= 15 is 0 Å². The van der Waals surface area contributed by atoms with Gasteiger partial charge in [-0.2, -0.15) is 0 Å². The predicted molar refractivity (Wildman–Crippen MR) is 113 cm³/mol. The zero-order valence-electron chi connectivity index (χ0n) is 14.1. The number of thiophene rings is 4. The average molecular weight is 387 g/mol. The molecule has 0 aliphatic carbocycles. The molecule has 0 radical (unpaired) electrons. The van der Waals surface area contributed by atoms with Crippen LogP contribution in [0, 0.1) is 27.7 Å². The third-order valence-corrected chi connectivity index (χ3v) is 8.28. The lowest BCUT2D eigenvalue weighted by atomic mass is 10.0. The van der Waals surface area contributed by atoms with Crippen molar-refractivity contribution in [1.82, 2.24) is 0 Å². The molecule has 122 valence electrons. The van der Waals surface area contributed by atoms with Gasteiger partial charge in [0.25, 0.3) is 0 Å². The van der Waals surface area contributed by atoms with Gasteiger partial charge in [-0.05, 0) is 62.9 Å². The van der Waals surface area contributed by atoms with Crippen molar-refractivity contribution in [2.45, 2.75) is 27.7 Å². The Labute approximate surface area is 159 Å². The molecule has 0 saturated heterocycles. The minimum absolute atomic E-state index is 1.36. The molecule has 0 bridgehead atoms. The minimum atomic E-state index is 1.36. The Morgan fingerprint density at radius 2 is 1.33 bits per heavy atom. The van der Waals surface area contributed by atoms with Crippen LogP contribution in [0.3, 0.4) is 0 Å². The molecule has 0 fully saturated rings. The lowest BCUT2D eigenvalue weighted by Gasteiger charge is -2.03. The van der Waals surface area contributed by atoms with Gasteiger partial charge in [0.15, 0.2) is 0 Å². The third kappa shape index (κ3) is 2.82. The molecule has 0 saturated carbocycles. The second-order valence-corrected chi connectivity index (χ2v) is 10.9. The smallest absolute Gasteiger partial charge is 0.0455 e. The first-order valence-electron chi connectivity index (χ1n) is 7.85. The molecule has 4 aromatic rings. The van der Waals surface area contributed by atoms with Gasteiger partial charge in [-0.25, -0.2) is 0 Å². The summed E-state index contributed by atoms with van der Waals surface area (Å²) in [6.07, 6.45) is 0. The van der Waals surface area contributed by atoms with Gasteiger partial charge in [-0.1, -0.05) is 6.07 Å². The number of hydrogen-bond acceptors (Lipinski definition) is 4. The van der Waals surface area contributed by atoms with E-state index in [1.165, 1.54) is 50.8 Å². The summed E-state index contributed by atoms with van der Waals surface area (Å²) in [4.78, 5) is 9.75. The summed E-state index contributed by atoms with van der Waals surface area (Å²) in [5.74, 6) is 0. The second kappa shape index (κ2) is 6.26. The SMILES string of the molecule is Cc1cc(-c2cc(-c3cccs3)sc2-c2cc(C)sc2C)c(C)s1. The predicted octanol–water partition coefficient (Wildman–Crippen LogP) is 8.17. The van der Waals surface area contributed by atoms with Crippen LogP contribution in [-0.4, -0.2) is 0 Å². The molecule has 4 heteroatoms. The largest absolute Gasteiger partial charge is 0.145 e. The Hall–Kier alpha value is -1.20. The van der Waals surface area contributed by atoms with E-state index in [9.17, 15) is 0 Å². The lowest BCUT2D eigenvalue weighted by molar-refractivity contribution is 1.57. The number of hydrogen-bond donors (Lipinski definition) is 0. The normalized spacial score (nSPS) is 11.3. The van der Waals surface area contributed by atoms with Crippen LogP contribution in [0.5, 0.6) is 0 Å². The van der Waals surface area contributed by atoms with E-state index < -0.39 is 0 Å². The van der Waals surface area contributed by atoms with Crippen LogP contribution < -0.4 is 0 Å². The maximum atomic E-state index is 2.40. The van der Waals surface area contributed by atoms with Crippen molar-refractivity contribution in [2.75, 3.05) is 0 Å². The molecule has 4 rings (SSSR count). The maximum absolute atomic E-state index is 2.40. The number of aryl methyl sites for hydroxylation is 4. The van der Waals surface area contributed by atoms with Crippen molar-refractivity contribution in [1.29, 1.82) is 0 Å². The fraction of sp³-hybridized carbons (Fsp3) is 0.200. The lowest BCUT2D eigenvalue weighted by Crippen LogP contribution is -1.78. The molecule has 0 atom stereocenters. The van der Waals surface area contributed by atoms with Crippen molar-refractivity contribution in [3.63, 3.8) is 0 Å². The molecule has 0 aromatic carbocycles. The Morgan fingerprint density at radius 3 is 1.88 bits per heavy atom. The van der Waals surface area contributed by atoms with Crippen LogP contribution in [-0.2, 0) is 0 Å². The first kappa shape index (κ1) is 16.3. The van der Waals surface area contributed by atoms with Crippen LogP contribution in [0.1, 0.15) is 19.5 Å². The van der Waals surface area contributed by atoms with Crippen molar-refractivity contribution < 1.29 is 0 Å². The fourth-order valence-corrected chi connectivity index (χ4v) is 7.09. The summed E-state index contributed by atoms with van der Waals surface area (Å²) in [6.45, 7) is 8.89. The van der Waals surface area contributed by atoms with Crippen LogP contribution in [0.2, 0.25) is 0 Å². The van der Waals surface area contributed by atoms with E-state index in [0.717, 1.165) is 0 Å². The van der Waals surface area contributed by atoms with Gasteiger partial charge >= 0.3 is 0 Å². The molecule has 0 spiro atoms. The highest BCUT2D eigenvalue weighted by Gasteiger charge is 2.19. The molecule has 0 aliphatic heterocycles. The van der Waals surface area contributed by atoms with Gasteiger partial charge in [0, 0.05) is 45.3 Å². The molecule has 0 unspecified atom stereocenters. The number of rotatable bonds is 3. The van der Waals surface area contributed by atoms with Gasteiger partial charge < -0.3 is 0 Å². The van der Waals surface area contributed by atoms with Crippen LogP contribution in [0.25, 0.3) is 31.3 Å². The van der Waals surface area contributed by atoms with E-state index in [1.807, 2.05) is 45.3 Å². The zero-order chi connectivity index (χ0) is 16.8. The fourth-order valence-electron chi connectivity index (χ4n) is 3.09. The van der Waals surface area contributed by atoms with Crippen molar-refractivity contribution in [3.05, 3.63) is 55.2 Å². The third-order valence-electron chi connectivity index (χ3n) is 4.11. The van der Waals surface area contributed by atoms with Crippen LogP contribution >= 0.6 is 45.3 Å². The van der Waals surface area contributed by atoms with Crippen molar-refractivity contribution >= 4 is 45.3 Å². The Bertz CT molecular complexity index is 929. The van der Waals surface area contributed by atoms with Gasteiger partial charge in [0.05, 0.1) is 0 Å². The summed E-state index contributed by atoms with van der Waals surface area (Å²) in [7, 11) is 0. The first-order chi connectivity index (χ1) is 11.5. The van der Waals surface area contributed by atoms with E-state index in [1.54, 1.807) is 0 Å². The zero-order valence-corrected chi connectivity index (χ0v) is 17.4. The quantitative estimate of drug-likeness (QED) is 0.333. The standard InChI is InChI=1S/C20H18S4/c1-11-8-15(13(3)22-11)17-10-19(18-6-5-7-21-18)24-20(17)16-9-12(2)23-14(16)4/h5-10H,1-4H3. The monoisotopic (exact) mass is 386 g/mol. The molecule has 0 nitrogen and oxygen atoms in total. The van der Waals surface area contributed by atoms with E-state index in [4.69, 9.17) is 0 Å². The minimum Gasteiger partial charge on any atom is -0.145 e. The highest BCUT2D eigenvalue weighted by Crippen LogP contribution is 2.48. The highest BCUT2D eigenvalue weighted by molar-refractivity contribution is 7.24. The molecule has 0 N–H and O–H groups in total. The molecule has 4 aromatic heterocycles. The summed E-state index contributed by atoms with van der Waals surface area (Å²) < 4.78 is 0. The van der Waals surface area contributed by atoms with E-state index in [2.05, 4.69) is 63.4 Å². The second-order valence-electron chi connectivity index (χ2n) is 5.98. The van der Waals surface area contributed by atoms with E-state index in [-0.39, 0.29) is 0 Å². The molecular weight excluding hydrogens is 368 g/mol. The maximum Gasteiger partial charge on any atom is 0.0455 e. The highest BCUT2D eigenvalue weighted by atomic mass is 32.1. The van der Waals surface area contributed by atoms with Gasteiger partial charge in [-0.3, -0.25) is 0 Å². The van der Waals surface area contributed by atoms with Crippen LogP contribution in [0.15, 0.2) is 35.7 Å². The average Bonchev–Trinajstić information content (AvgIpc) is 3.25. The van der Waals surface area contributed by atoms with Crippen LogP contribution in [0.4, 0.5) is 0 Å². The molecule has 4 heterocycles. The molecular formula is C20H18S4. The molecule has 0 amide bonds. The summed E-state index contributed by atoms with van der Waals surface area (Å²) >= 11 is 7.55. The molecule has 0 aliphatic rings. The van der Waals surface area contributed by atoms with E-state index in [0.29, 0.717) is 0 Å². The topological polar surface area (TPSA) is 0 Å². The van der Waals surface area contributed by atoms with Gasteiger partial charge in [0.2, 0.25) is 0 Å². The summed E-state index contributed by atoms with van der Waals surface area (Å²) in [6, 6.07) is 11.5. The Balaban J connectivity index is 1.97. The van der Waals surface area contributed by atoms with Gasteiger partial charge in [0.1, 0.15) is 0 Å². The van der Waals surface area contributed by atoms with Crippen molar-refractivity contribution in [2.24, 2.45) is 0 Å². The Kier molecular flexibility index (Phi) is 4.25. The van der Waals surface area contributed by atoms with Gasteiger partial charge in [-0.15, -0.1) is 45.3 Å². The van der Waals surface area contributed by atoms with Crippen molar-refractivity contribution in [3.8, 4) is 31.3 Å². The Morgan fingerprint density at radius 1 is 0.667 bits per heavy atom. The first-order valence-corrected chi connectivity index (χ1v) is 11.2.